The molecule has 2 N–H and O–H groups in total. The number of rotatable bonds is 2. The van der Waals surface area contributed by atoms with Crippen LogP contribution >= 0.6 is 11.3 Å². The average Bonchev–Trinajstić information content (AvgIpc) is 2.88. The van der Waals surface area contributed by atoms with Crippen LogP contribution in [0.3, 0.4) is 0 Å². The molecular weight excluding hydrogens is 262 g/mol. The molecule has 2 aromatic heterocycles. The Morgan fingerprint density at radius 3 is 3.05 bits per heavy atom. The zero-order valence-electron chi connectivity index (χ0n) is 9.70. The van der Waals surface area contributed by atoms with E-state index in [1.807, 2.05) is 0 Å². The molecule has 0 aliphatic heterocycles. The van der Waals surface area contributed by atoms with Crippen molar-refractivity contribution in [2.24, 2.45) is 0 Å². The molecular formula is C13H9N3O2S. The van der Waals surface area contributed by atoms with E-state index >= 15 is 0 Å². The molecule has 1 amide bonds. The predicted molar refractivity (Wildman–Crippen MR) is 73.5 cm³/mol. The first-order chi connectivity index (χ1) is 9.24. The molecule has 0 radical (unpaired) electrons. The number of thiazole rings is 1. The van der Waals surface area contributed by atoms with Crippen LogP contribution in [0.2, 0.25) is 0 Å². The molecule has 0 atom stereocenters. The van der Waals surface area contributed by atoms with Gasteiger partial charge in [0.05, 0.1) is 27.6 Å². The molecule has 94 valence electrons. The molecule has 1 aromatic carbocycles. The maximum atomic E-state index is 12.1. The van der Waals surface area contributed by atoms with Crippen LogP contribution in [0.25, 0.3) is 10.2 Å². The van der Waals surface area contributed by atoms with Crippen LogP contribution in [0, 0.1) is 0 Å². The van der Waals surface area contributed by atoms with E-state index in [1.165, 1.54) is 23.7 Å². The molecule has 6 heteroatoms. The molecule has 19 heavy (non-hydrogen) atoms. The van der Waals surface area contributed by atoms with Crippen molar-refractivity contribution in [3.8, 4) is 5.75 Å². The Bertz CT molecular complexity index is 754. The Labute approximate surface area is 112 Å². The molecule has 3 rings (SSSR count). The third kappa shape index (κ3) is 2.25. The first-order valence-electron chi connectivity index (χ1n) is 5.51. The largest absolute Gasteiger partial charge is 0.504 e. The molecule has 0 spiro atoms. The van der Waals surface area contributed by atoms with Crippen LogP contribution in [-0.2, 0) is 0 Å². The second kappa shape index (κ2) is 4.66. The molecule has 0 aliphatic carbocycles. The third-order valence-corrected chi connectivity index (χ3v) is 3.43. The van der Waals surface area contributed by atoms with E-state index in [4.69, 9.17) is 0 Å². The normalized spacial score (nSPS) is 10.5. The Kier molecular flexibility index (Phi) is 2.85. The average molecular weight is 271 g/mol. The quantitative estimate of drug-likeness (QED) is 0.751. The maximum Gasteiger partial charge on any atom is 0.255 e. The minimum Gasteiger partial charge on any atom is -0.504 e. The third-order valence-electron chi connectivity index (χ3n) is 2.64. The van der Waals surface area contributed by atoms with Gasteiger partial charge < -0.3 is 10.4 Å². The smallest absolute Gasteiger partial charge is 0.255 e. The van der Waals surface area contributed by atoms with E-state index in [0.717, 1.165) is 10.2 Å². The molecule has 2 heterocycles. The van der Waals surface area contributed by atoms with Crippen molar-refractivity contribution in [3.63, 3.8) is 0 Å². The molecule has 0 saturated heterocycles. The summed E-state index contributed by atoms with van der Waals surface area (Å²) < 4.78 is 0.951. The zero-order chi connectivity index (χ0) is 13.2. The first-order valence-corrected chi connectivity index (χ1v) is 6.39. The molecule has 0 aliphatic rings. The summed E-state index contributed by atoms with van der Waals surface area (Å²) in [5.41, 5.74) is 3.46. The summed E-state index contributed by atoms with van der Waals surface area (Å²) in [6, 6.07) is 6.82. The van der Waals surface area contributed by atoms with E-state index in [1.54, 1.807) is 29.8 Å². The van der Waals surface area contributed by atoms with Crippen LogP contribution in [-0.4, -0.2) is 21.0 Å². The summed E-state index contributed by atoms with van der Waals surface area (Å²) in [6.07, 6.45) is 2.78. The van der Waals surface area contributed by atoms with Crippen molar-refractivity contribution in [1.82, 2.24) is 9.97 Å². The molecule has 0 unspecified atom stereocenters. The van der Waals surface area contributed by atoms with Crippen LogP contribution in [0.1, 0.15) is 10.4 Å². The number of carbonyl (C=O) groups is 1. The predicted octanol–water partition coefficient (Wildman–Crippen LogP) is 2.65. The van der Waals surface area contributed by atoms with Gasteiger partial charge in [-0.1, -0.05) is 0 Å². The lowest BCUT2D eigenvalue weighted by Gasteiger charge is -2.06. The van der Waals surface area contributed by atoms with Crippen LogP contribution in [0.4, 0.5) is 5.69 Å². The number of anilines is 1. The highest BCUT2D eigenvalue weighted by Crippen LogP contribution is 2.23. The lowest BCUT2D eigenvalue weighted by Crippen LogP contribution is -2.11. The monoisotopic (exact) mass is 271 g/mol. The van der Waals surface area contributed by atoms with Gasteiger partial charge >= 0.3 is 0 Å². The number of fused-ring (bicyclic) bond motifs is 1. The highest BCUT2D eigenvalue weighted by atomic mass is 32.1. The lowest BCUT2D eigenvalue weighted by atomic mass is 10.2. The fourth-order valence-corrected chi connectivity index (χ4v) is 2.40. The summed E-state index contributed by atoms with van der Waals surface area (Å²) in [6.45, 7) is 0. The minimum atomic E-state index is -0.281. The van der Waals surface area contributed by atoms with Crippen molar-refractivity contribution in [3.05, 3.63) is 47.7 Å². The number of hydrogen-bond acceptors (Lipinski definition) is 5. The summed E-state index contributed by atoms with van der Waals surface area (Å²) in [5.74, 6) is -0.341. The van der Waals surface area contributed by atoms with E-state index < -0.39 is 0 Å². The van der Waals surface area contributed by atoms with Gasteiger partial charge in [0.25, 0.3) is 5.91 Å². The van der Waals surface area contributed by atoms with E-state index in [9.17, 15) is 9.90 Å². The van der Waals surface area contributed by atoms with Crippen molar-refractivity contribution in [1.29, 1.82) is 0 Å². The molecule has 0 saturated carbocycles. The number of nitrogens with zero attached hydrogens (tertiary/aromatic N) is 2. The fourth-order valence-electron chi connectivity index (χ4n) is 1.68. The topological polar surface area (TPSA) is 75.1 Å². The minimum absolute atomic E-state index is 0.0604. The second-order valence-electron chi connectivity index (χ2n) is 3.88. The van der Waals surface area contributed by atoms with Gasteiger partial charge in [-0.2, -0.15) is 0 Å². The Balaban J connectivity index is 1.89. The van der Waals surface area contributed by atoms with Gasteiger partial charge in [-0.05, 0) is 24.3 Å². The lowest BCUT2D eigenvalue weighted by molar-refractivity contribution is 0.102. The molecule has 5 nitrogen and oxygen atoms in total. The Hall–Kier alpha value is -2.47. The number of pyridine rings is 1. The van der Waals surface area contributed by atoms with Gasteiger partial charge in [0.15, 0.2) is 5.75 Å². The summed E-state index contributed by atoms with van der Waals surface area (Å²) >= 11 is 1.48. The number of hydrogen-bond donors (Lipinski definition) is 2. The zero-order valence-corrected chi connectivity index (χ0v) is 10.5. The van der Waals surface area contributed by atoms with Gasteiger partial charge in [-0.15, -0.1) is 11.3 Å². The Morgan fingerprint density at radius 2 is 2.21 bits per heavy atom. The molecule has 3 aromatic rings. The van der Waals surface area contributed by atoms with Crippen LogP contribution in [0.15, 0.2) is 42.2 Å². The number of benzene rings is 1. The van der Waals surface area contributed by atoms with E-state index in [2.05, 4.69) is 15.3 Å². The molecule has 0 fully saturated rings. The summed E-state index contributed by atoms with van der Waals surface area (Å²) in [4.78, 5) is 20.0. The fraction of sp³-hybridized carbons (Fsp3) is 0. The maximum absolute atomic E-state index is 12.1. The van der Waals surface area contributed by atoms with Gasteiger partial charge in [0, 0.05) is 11.8 Å². The van der Waals surface area contributed by atoms with Crippen molar-refractivity contribution >= 4 is 33.1 Å². The number of aromatic hydroxyl groups is 1. The van der Waals surface area contributed by atoms with E-state index in [0.29, 0.717) is 11.3 Å². The standard InChI is InChI=1S/C13H9N3O2S/c17-11-6-14-4-3-9(11)16-13(18)8-1-2-10-12(5-8)19-7-15-10/h1-7,17H,(H,14,16,18). The Morgan fingerprint density at radius 1 is 1.32 bits per heavy atom. The van der Waals surface area contributed by atoms with Gasteiger partial charge in [0.1, 0.15) is 0 Å². The SMILES string of the molecule is O=C(Nc1ccncc1O)c1ccc2ncsc2c1. The van der Waals surface area contributed by atoms with Crippen LogP contribution < -0.4 is 5.32 Å². The number of carbonyl (C=O) groups excluding carboxylic acids is 1. The van der Waals surface area contributed by atoms with Gasteiger partial charge in [0.2, 0.25) is 0 Å². The number of aromatic nitrogens is 2. The van der Waals surface area contributed by atoms with Crippen LogP contribution in [0.5, 0.6) is 5.75 Å². The highest BCUT2D eigenvalue weighted by Gasteiger charge is 2.10. The van der Waals surface area contributed by atoms with E-state index in [-0.39, 0.29) is 11.7 Å². The van der Waals surface area contributed by atoms with Gasteiger partial charge in [-0.25, -0.2) is 4.98 Å². The summed E-state index contributed by atoms with van der Waals surface area (Å²) in [5, 5.41) is 12.2. The summed E-state index contributed by atoms with van der Waals surface area (Å²) in [7, 11) is 0. The second-order valence-corrected chi connectivity index (χ2v) is 4.77. The number of nitrogens with one attached hydrogen (secondary N) is 1. The number of amides is 1. The van der Waals surface area contributed by atoms with Crippen molar-refractivity contribution in [2.45, 2.75) is 0 Å². The van der Waals surface area contributed by atoms with Crippen molar-refractivity contribution < 1.29 is 9.90 Å². The highest BCUT2D eigenvalue weighted by molar-refractivity contribution is 7.16. The molecule has 0 bridgehead atoms. The first kappa shape index (κ1) is 11.6. The van der Waals surface area contributed by atoms with Crippen molar-refractivity contribution in [2.75, 3.05) is 5.32 Å². The van der Waals surface area contributed by atoms with Gasteiger partial charge in [-0.3, -0.25) is 9.78 Å².